The van der Waals surface area contributed by atoms with E-state index in [1.54, 1.807) is 17.5 Å². The fraction of sp³-hybridized carbons (Fsp3) is 0.0909. The Bertz CT molecular complexity index is 1530. The second-order valence-electron chi connectivity index (χ2n) is 7.04. The van der Waals surface area contributed by atoms with E-state index in [0.29, 0.717) is 4.88 Å². The molecule has 0 saturated heterocycles. The van der Waals surface area contributed by atoms with E-state index in [1.165, 1.54) is 17.6 Å². The van der Waals surface area contributed by atoms with Crippen LogP contribution >= 0.6 is 11.3 Å². The summed E-state index contributed by atoms with van der Waals surface area (Å²) in [6.07, 6.45) is -2.17. The van der Waals surface area contributed by atoms with Gasteiger partial charge < -0.3 is 4.42 Å². The zero-order valence-electron chi connectivity index (χ0n) is 16.4. The average Bonchev–Trinajstić information content (AvgIpc) is 3.41. The van der Waals surface area contributed by atoms with E-state index in [0.717, 1.165) is 28.2 Å². The summed E-state index contributed by atoms with van der Waals surface area (Å²) in [5.41, 5.74) is -0.623. The number of pyridine rings is 1. The first-order valence-electron chi connectivity index (χ1n) is 9.38. The largest absolute Gasteiger partial charge is 0.430 e. The predicted octanol–water partition coefficient (Wildman–Crippen LogP) is 5.48. The molecule has 0 fully saturated rings. The molecule has 0 radical (unpaired) electrons. The van der Waals surface area contributed by atoms with Crippen LogP contribution in [0.15, 0.2) is 68.5 Å². The number of hydrogen-bond donors (Lipinski definition) is 0. The van der Waals surface area contributed by atoms with Gasteiger partial charge >= 0.3 is 11.7 Å². The van der Waals surface area contributed by atoms with E-state index in [1.807, 2.05) is 31.2 Å². The maximum atomic E-state index is 13.9. The number of nitrogens with zero attached hydrogens (tertiary/aromatic N) is 4. The molecule has 0 aliphatic heterocycles. The van der Waals surface area contributed by atoms with Crippen molar-refractivity contribution in [2.75, 3.05) is 0 Å². The summed E-state index contributed by atoms with van der Waals surface area (Å²) in [5.74, 6) is 0. The van der Waals surface area contributed by atoms with Crippen molar-refractivity contribution < 1.29 is 17.6 Å². The zero-order chi connectivity index (χ0) is 22.5. The Labute approximate surface area is 182 Å². The topological polar surface area (TPSA) is 73.3 Å². The molecule has 0 unspecified atom stereocenters. The molecule has 0 bridgehead atoms. The summed E-state index contributed by atoms with van der Waals surface area (Å²) in [7, 11) is 0. The molecule has 0 spiro atoms. The molecule has 0 aliphatic carbocycles. The van der Waals surface area contributed by atoms with Crippen molar-refractivity contribution in [3.63, 3.8) is 0 Å². The number of furan rings is 1. The molecule has 6 nitrogen and oxygen atoms in total. The molecule has 160 valence electrons. The van der Waals surface area contributed by atoms with E-state index < -0.39 is 17.3 Å². The third-order valence-corrected chi connectivity index (χ3v) is 5.72. The van der Waals surface area contributed by atoms with Crippen LogP contribution in [-0.2, 0) is 6.18 Å². The molecule has 4 aromatic heterocycles. The Morgan fingerprint density at radius 1 is 1.19 bits per heavy atom. The Hall–Kier alpha value is -3.79. The number of aromatic nitrogens is 3. The van der Waals surface area contributed by atoms with Gasteiger partial charge in [-0.1, -0.05) is 35.9 Å². The number of halogens is 3. The molecule has 0 saturated carbocycles. The fourth-order valence-corrected chi connectivity index (χ4v) is 3.94. The Balaban J connectivity index is 1.70. The first kappa shape index (κ1) is 20.1. The summed E-state index contributed by atoms with van der Waals surface area (Å²) >= 11 is 1.25. The van der Waals surface area contributed by atoms with E-state index in [4.69, 9.17) is 4.42 Å². The van der Waals surface area contributed by atoms with Crippen LogP contribution in [0.1, 0.15) is 16.7 Å². The fourth-order valence-electron chi connectivity index (χ4n) is 3.26. The van der Waals surface area contributed by atoms with Gasteiger partial charge in [-0.3, -0.25) is 4.79 Å². The average molecular weight is 454 g/mol. The number of fused-ring (bicyclic) bond motifs is 3. The van der Waals surface area contributed by atoms with Gasteiger partial charge in [0.25, 0.3) is 0 Å². The summed E-state index contributed by atoms with van der Waals surface area (Å²) in [6, 6.07) is 11.7. The van der Waals surface area contributed by atoms with Crippen molar-refractivity contribution in [2.45, 2.75) is 13.1 Å². The van der Waals surface area contributed by atoms with Crippen LogP contribution < -0.4 is 5.56 Å². The molecular formula is C22H13F3N4O2S. The number of thiophene rings is 1. The first-order chi connectivity index (χ1) is 15.3. The maximum absolute atomic E-state index is 13.9. The summed E-state index contributed by atoms with van der Waals surface area (Å²) in [5, 5.41) is 5.46. The van der Waals surface area contributed by atoms with Crippen molar-refractivity contribution >= 4 is 39.8 Å². The van der Waals surface area contributed by atoms with Gasteiger partial charge in [0.1, 0.15) is 11.8 Å². The normalized spacial score (nSPS) is 12.4. The van der Waals surface area contributed by atoms with Crippen molar-refractivity contribution in [3.05, 3.63) is 81.2 Å². The van der Waals surface area contributed by atoms with E-state index in [2.05, 4.69) is 15.1 Å². The summed E-state index contributed by atoms with van der Waals surface area (Å²) in [4.78, 5) is 21.7. The van der Waals surface area contributed by atoms with Crippen molar-refractivity contribution in [1.82, 2.24) is 14.6 Å². The van der Waals surface area contributed by atoms with Gasteiger partial charge in [-0.05, 0) is 30.0 Å². The predicted molar refractivity (Wildman–Crippen MR) is 116 cm³/mol. The monoisotopic (exact) mass is 454 g/mol. The van der Waals surface area contributed by atoms with Crippen molar-refractivity contribution in [1.29, 1.82) is 0 Å². The lowest BCUT2D eigenvalue weighted by Gasteiger charge is -2.09. The molecule has 32 heavy (non-hydrogen) atoms. The molecule has 5 rings (SSSR count). The molecule has 0 atom stereocenters. The van der Waals surface area contributed by atoms with E-state index in [9.17, 15) is 18.0 Å². The van der Waals surface area contributed by atoms with Crippen LogP contribution in [-0.4, -0.2) is 20.9 Å². The highest BCUT2D eigenvalue weighted by atomic mass is 32.1. The minimum atomic E-state index is -4.69. The maximum Gasteiger partial charge on any atom is 0.417 e. The molecule has 10 heteroatoms. The molecule has 4 heterocycles. The third-order valence-electron chi connectivity index (χ3n) is 4.82. The van der Waals surface area contributed by atoms with Crippen LogP contribution in [0.25, 0.3) is 32.8 Å². The van der Waals surface area contributed by atoms with Gasteiger partial charge in [0.15, 0.2) is 0 Å². The lowest BCUT2D eigenvalue weighted by molar-refractivity contribution is -0.136. The smallest absolute Gasteiger partial charge is 0.417 e. The number of rotatable bonds is 3. The van der Waals surface area contributed by atoms with Crippen LogP contribution in [0.3, 0.4) is 0 Å². The lowest BCUT2D eigenvalue weighted by atomic mass is 10.1. The van der Waals surface area contributed by atoms with Gasteiger partial charge in [0.2, 0.25) is 11.3 Å². The molecule has 0 amide bonds. The Kier molecular flexibility index (Phi) is 4.66. The van der Waals surface area contributed by atoms with Crippen molar-refractivity contribution in [3.8, 4) is 10.6 Å². The number of alkyl halides is 3. The van der Waals surface area contributed by atoms with Gasteiger partial charge in [-0.2, -0.15) is 22.9 Å². The second kappa shape index (κ2) is 7.41. The Morgan fingerprint density at radius 2 is 1.97 bits per heavy atom. The third kappa shape index (κ3) is 3.48. The minimum absolute atomic E-state index is 0.108. The number of aryl methyl sites for hydroxylation is 1. The second-order valence-corrected chi connectivity index (χ2v) is 7.99. The molecule has 0 aliphatic rings. The lowest BCUT2D eigenvalue weighted by Crippen LogP contribution is -2.16. The van der Waals surface area contributed by atoms with Gasteiger partial charge in [0.05, 0.1) is 27.7 Å². The Morgan fingerprint density at radius 3 is 2.66 bits per heavy atom. The number of hydrogen-bond acceptors (Lipinski definition) is 6. The molecular weight excluding hydrogens is 441 g/mol. The highest BCUT2D eigenvalue weighted by Crippen LogP contribution is 2.40. The molecule has 5 aromatic rings. The highest BCUT2D eigenvalue weighted by molar-refractivity contribution is 7.13. The van der Waals surface area contributed by atoms with Gasteiger partial charge in [-0.25, -0.2) is 9.97 Å². The molecule has 0 N–H and O–H groups in total. The van der Waals surface area contributed by atoms with Crippen LogP contribution in [0.2, 0.25) is 0 Å². The van der Waals surface area contributed by atoms with Crippen molar-refractivity contribution in [2.24, 2.45) is 5.10 Å². The van der Waals surface area contributed by atoms with Gasteiger partial charge in [0, 0.05) is 0 Å². The SMILES string of the molecule is Cc1ccc(/C=N/n2cnc3c(oc4nc(-c5cccs5)cc(C(F)(F)F)c43)c2=O)cc1. The minimum Gasteiger partial charge on any atom is -0.430 e. The van der Waals surface area contributed by atoms with Crippen LogP contribution in [0.4, 0.5) is 13.2 Å². The number of benzene rings is 1. The highest BCUT2D eigenvalue weighted by Gasteiger charge is 2.36. The first-order valence-corrected chi connectivity index (χ1v) is 10.3. The van der Waals surface area contributed by atoms with E-state index in [-0.39, 0.29) is 27.9 Å². The summed E-state index contributed by atoms with van der Waals surface area (Å²) in [6.45, 7) is 1.94. The van der Waals surface area contributed by atoms with Crippen LogP contribution in [0, 0.1) is 6.92 Å². The van der Waals surface area contributed by atoms with E-state index >= 15 is 0 Å². The standard InChI is InChI=1S/C22H13F3N4O2S/c1-12-4-6-13(7-5-12)10-27-29-11-26-18-17-14(22(23,24)25)9-15(16-3-2-8-32-16)28-20(17)31-19(18)21(29)30/h2-11H,1H3/b27-10+. The quantitative estimate of drug-likeness (QED) is 0.339. The zero-order valence-corrected chi connectivity index (χ0v) is 17.2. The summed E-state index contributed by atoms with van der Waals surface area (Å²) < 4.78 is 48.0. The van der Waals surface area contributed by atoms with Crippen LogP contribution in [0.5, 0.6) is 0 Å². The van der Waals surface area contributed by atoms with Gasteiger partial charge in [-0.15, -0.1) is 11.3 Å². The molecule has 1 aromatic carbocycles.